The first-order valence-electron chi connectivity index (χ1n) is 6.13. The Morgan fingerprint density at radius 3 is 2.90 bits per heavy atom. The van der Waals surface area contributed by atoms with Crippen molar-refractivity contribution in [2.75, 3.05) is 5.73 Å². The molecule has 0 unspecified atom stereocenters. The Bertz CT molecular complexity index is 777. The number of benzene rings is 1. The quantitative estimate of drug-likeness (QED) is 0.798. The van der Waals surface area contributed by atoms with Crippen molar-refractivity contribution in [1.82, 2.24) is 19.3 Å². The highest BCUT2D eigenvalue weighted by Gasteiger charge is 2.11. The number of hydrogen-bond acceptors (Lipinski definition) is 3. The zero-order valence-electron chi connectivity index (χ0n) is 10.8. The molecule has 20 heavy (non-hydrogen) atoms. The Morgan fingerprint density at radius 1 is 1.40 bits per heavy atom. The minimum atomic E-state index is -0.319. The number of nitrogen functional groups attached to an aromatic ring is 1. The second kappa shape index (κ2) is 4.90. The second-order valence-corrected chi connectivity index (χ2v) is 5.50. The van der Waals surface area contributed by atoms with E-state index in [1.807, 2.05) is 24.0 Å². The summed E-state index contributed by atoms with van der Waals surface area (Å²) in [6, 6.07) is 3.09. The number of aromatic nitrogens is 4. The molecule has 0 saturated carbocycles. The summed E-state index contributed by atoms with van der Waals surface area (Å²) >= 11 is 3.15. The smallest absolute Gasteiger partial charge is 0.201 e. The minimum Gasteiger partial charge on any atom is -0.369 e. The molecule has 0 saturated heterocycles. The fourth-order valence-corrected chi connectivity index (χ4v) is 2.55. The molecule has 0 fully saturated rings. The van der Waals surface area contributed by atoms with E-state index in [2.05, 4.69) is 26.0 Å². The van der Waals surface area contributed by atoms with Gasteiger partial charge in [-0.25, -0.2) is 9.37 Å². The Labute approximate surface area is 123 Å². The highest BCUT2D eigenvalue weighted by atomic mass is 79.9. The molecule has 0 atom stereocenters. The Hall–Kier alpha value is -1.89. The number of imidazole rings is 1. The average molecular weight is 338 g/mol. The van der Waals surface area contributed by atoms with Gasteiger partial charge in [-0.15, -0.1) is 0 Å². The van der Waals surface area contributed by atoms with Crippen LogP contribution in [-0.4, -0.2) is 19.3 Å². The number of fused-ring (bicyclic) bond motifs is 1. The zero-order chi connectivity index (χ0) is 14.3. The third kappa shape index (κ3) is 2.29. The number of nitrogens with two attached hydrogens (primary N) is 1. The van der Waals surface area contributed by atoms with Gasteiger partial charge in [0.2, 0.25) is 5.95 Å². The van der Waals surface area contributed by atoms with Gasteiger partial charge in [0.05, 0.1) is 21.7 Å². The van der Waals surface area contributed by atoms with Gasteiger partial charge in [-0.1, -0.05) is 0 Å². The molecule has 7 heteroatoms. The standard InChI is InChI=1S/C13H13BrFN5/c1-19-7-8(6-17-19)2-3-20-12-5-10(15)9(14)4-11(12)18-13(20)16/h4-7H,2-3H2,1H3,(H2,16,18). The number of anilines is 1. The monoisotopic (exact) mass is 337 g/mol. The minimum absolute atomic E-state index is 0.319. The molecule has 0 aliphatic heterocycles. The molecule has 0 amide bonds. The highest BCUT2D eigenvalue weighted by Crippen LogP contribution is 2.25. The van der Waals surface area contributed by atoms with E-state index in [1.54, 1.807) is 10.7 Å². The van der Waals surface area contributed by atoms with Crippen molar-refractivity contribution in [1.29, 1.82) is 0 Å². The van der Waals surface area contributed by atoms with Crippen LogP contribution in [0, 0.1) is 5.82 Å². The summed E-state index contributed by atoms with van der Waals surface area (Å²) in [5.74, 6) is 0.0708. The van der Waals surface area contributed by atoms with Gasteiger partial charge in [-0.05, 0) is 34.0 Å². The van der Waals surface area contributed by atoms with E-state index in [9.17, 15) is 4.39 Å². The maximum atomic E-state index is 13.7. The lowest BCUT2D eigenvalue weighted by Crippen LogP contribution is -2.05. The van der Waals surface area contributed by atoms with Crippen LogP contribution in [0.2, 0.25) is 0 Å². The molecule has 104 valence electrons. The first-order valence-corrected chi connectivity index (χ1v) is 6.92. The van der Waals surface area contributed by atoms with E-state index in [4.69, 9.17) is 5.73 Å². The van der Waals surface area contributed by atoms with Crippen molar-refractivity contribution in [2.24, 2.45) is 7.05 Å². The number of aryl methyl sites for hydroxylation is 3. The summed E-state index contributed by atoms with van der Waals surface area (Å²) in [5.41, 5.74) is 8.40. The fourth-order valence-electron chi connectivity index (χ4n) is 2.22. The van der Waals surface area contributed by atoms with E-state index in [0.29, 0.717) is 28.0 Å². The predicted molar refractivity (Wildman–Crippen MR) is 78.7 cm³/mol. The Kier molecular flexibility index (Phi) is 3.21. The van der Waals surface area contributed by atoms with Gasteiger partial charge < -0.3 is 10.3 Å². The molecule has 0 aliphatic carbocycles. The van der Waals surface area contributed by atoms with Gasteiger partial charge in [0.25, 0.3) is 0 Å². The van der Waals surface area contributed by atoms with Crippen molar-refractivity contribution in [2.45, 2.75) is 13.0 Å². The molecule has 2 heterocycles. The lowest BCUT2D eigenvalue weighted by atomic mass is 10.2. The van der Waals surface area contributed by atoms with Gasteiger partial charge in [0.15, 0.2) is 0 Å². The van der Waals surface area contributed by atoms with Gasteiger partial charge in [-0.2, -0.15) is 5.10 Å². The molecule has 3 rings (SSSR count). The molecular weight excluding hydrogens is 325 g/mol. The molecule has 1 aromatic carbocycles. The van der Waals surface area contributed by atoms with E-state index in [-0.39, 0.29) is 5.82 Å². The largest absolute Gasteiger partial charge is 0.369 e. The number of rotatable bonds is 3. The maximum absolute atomic E-state index is 13.7. The number of hydrogen-bond donors (Lipinski definition) is 1. The van der Waals surface area contributed by atoms with E-state index in [1.165, 1.54) is 6.07 Å². The van der Waals surface area contributed by atoms with Gasteiger partial charge in [0.1, 0.15) is 5.82 Å². The topological polar surface area (TPSA) is 61.7 Å². The molecule has 2 N–H and O–H groups in total. The van der Waals surface area contributed by atoms with Crippen LogP contribution in [0.1, 0.15) is 5.56 Å². The summed E-state index contributed by atoms with van der Waals surface area (Å²) in [5, 5.41) is 4.12. The molecule has 0 aliphatic rings. The van der Waals surface area contributed by atoms with Crippen molar-refractivity contribution < 1.29 is 4.39 Å². The van der Waals surface area contributed by atoms with Crippen LogP contribution in [0.4, 0.5) is 10.3 Å². The summed E-state index contributed by atoms with van der Waals surface area (Å²) in [6.45, 7) is 0.634. The van der Waals surface area contributed by atoms with Crippen LogP contribution in [0.5, 0.6) is 0 Å². The highest BCUT2D eigenvalue weighted by molar-refractivity contribution is 9.10. The molecule has 3 aromatic rings. The maximum Gasteiger partial charge on any atom is 0.201 e. The lowest BCUT2D eigenvalue weighted by Gasteiger charge is -2.05. The summed E-state index contributed by atoms with van der Waals surface area (Å²) in [6.07, 6.45) is 4.53. The molecule has 2 aromatic heterocycles. The SMILES string of the molecule is Cn1cc(CCn2c(N)nc3cc(Br)c(F)cc32)cn1. The van der Waals surface area contributed by atoms with Crippen LogP contribution in [0.15, 0.2) is 29.0 Å². The lowest BCUT2D eigenvalue weighted by molar-refractivity contribution is 0.621. The summed E-state index contributed by atoms with van der Waals surface area (Å²) < 4.78 is 17.6. The molecular formula is C13H13BrFN5. The van der Waals surface area contributed by atoms with E-state index >= 15 is 0 Å². The first kappa shape index (κ1) is 13.1. The van der Waals surface area contributed by atoms with Crippen molar-refractivity contribution in [3.63, 3.8) is 0 Å². The van der Waals surface area contributed by atoms with Gasteiger partial charge in [-0.3, -0.25) is 4.68 Å². The molecule has 5 nitrogen and oxygen atoms in total. The first-order chi connectivity index (χ1) is 9.54. The van der Waals surface area contributed by atoms with Crippen LogP contribution in [0.25, 0.3) is 11.0 Å². The summed E-state index contributed by atoms with van der Waals surface area (Å²) in [7, 11) is 1.87. The fraction of sp³-hybridized carbons (Fsp3) is 0.231. The van der Waals surface area contributed by atoms with Crippen LogP contribution in [-0.2, 0) is 20.0 Å². The van der Waals surface area contributed by atoms with Crippen molar-refractivity contribution in [3.05, 3.63) is 40.4 Å². The third-order valence-electron chi connectivity index (χ3n) is 3.20. The molecule has 0 bridgehead atoms. The predicted octanol–water partition coefficient (Wildman–Crippen LogP) is 2.50. The Morgan fingerprint density at radius 2 is 2.20 bits per heavy atom. The van der Waals surface area contributed by atoms with E-state index in [0.717, 1.165) is 12.0 Å². The van der Waals surface area contributed by atoms with Gasteiger partial charge >= 0.3 is 0 Å². The van der Waals surface area contributed by atoms with Crippen molar-refractivity contribution in [3.8, 4) is 0 Å². The van der Waals surface area contributed by atoms with Crippen LogP contribution < -0.4 is 5.73 Å². The normalized spacial score (nSPS) is 11.3. The second-order valence-electron chi connectivity index (χ2n) is 4.65. The number of halogens is 2. The Balaban J connectivity index is 1.94. The van der Waals surface area contributed by atoms with Crippen LogP contribution >= 0.6 is 15.9 Å². The third-order valence-corrected chi connectivity index (χ3v) is 3.81. The number of nitrogens with zero attached hydrogens (tertiary/aromatic N) is 4. The zero-order valence-corrected chi connectivity index (χ0v) is 12.4. The molecule has 0 radical (unpaired) electrons. The van der Waals surface area contributed by atoms with Crippen molar-refractivity contribution >= 4 is 32.9 Å². The van der Waals surface area contributed by atoms with Crippen LogP contribution in [0.3, 0.4) is 0 Å². The summed E-state index contributed by atoms with van der Waals surface area (Å²) in [4.78, 5) is 4.26. The average Bonchev–Trinajstić information content (AvgIpc) is 2.92. The van der Waals surface area contributed by atoms with Gasteiger partial charge in [0, 0.05) is 25.9 Å². The molecule has 0 spiro atoms. The van der Waals surface area contributed by atoms with E-state index < -0.39 is 0 Å².